The van der Waals surface area contributed by atoms with Crippen LogP contribution in [0.25, 0.3) is 0 Å². The number of nitrogens with zero attached hydrogens (tertiary/aromatic N) is 2. The number of ether oxygens (including phenoxy) is 1. The summed E-state index contributed by atoms with van der Waals surface area (Å²) in [5.74, 6) is 0.465. The molecule has 1 saturated carbocycles. The molecule has 26 heavy (non-hydrogen) atoms. The van der Waals surface area contributed by atoms with Crippen LogP contribution in [0.5, 0.6) is 0 Å². The number of hydrogen-bond donors (Lipinski definition) is 0. The molecule has 1 saturated heterocycles. The maximum Gasteiger partial charge on any atom is 0.223 e. The van der Waals surface area contributed by atoms with Gasteiger partial charge in [0.1, 0.15) is 11.9 Å². The highest BCUT2D eigenvalue weighted by Gasteiger charge is 2.37. The number of pyridine rings is 1. The molecule has 2 aromatic rings. The third-order valence-corrected chi connectivity index (χ3v) is 5.17. The van der Waals surface area contributed by atoms with Gasteiger partial charge in [0.25, 0.3) is 0 Å². The van der Waals surface area contributed by atoms with E-state index >= 15 is 0 Å². The zero-order valence-electron chi connectivity index (χ0n) is 14.7. The topological polar surface area (TPSA) is 42.4 Å². The first-order valence-electron chi connectivity index (χ1n) is 9.29. The number of amides is 1. The average molecular weight is 354 g/mol. The number of halogens is 1. The Labute approximate surface area is 153 Å². The summed E-state index contributed by atoms with van der Waals surface area (Å²) in [6.07, 6.45) is 7.00. The molecule has 136 valence electrons. The van der Waals surface area contributed by atoms with E-state index in [0.717, 1.165) is 17.5 Å². The number of benzene rings is 1. The zero-order valence-corrected chi connectivity index (χ0v) is 14.7. The van der Waals surface area contributed by atoms with E-state index in [1.165, 1.54) is 25.0 Å². The fourth-order valence-electron chi connectivity index (χ4n) is 3.58. The van der Waals surface area contributed by atoms with E-state index in [-0.39, 0.29) is 23.9 Å². The largest absolute Gasteiger partial charge is 0.371 e. The van der Waals surface area contributed by atoms with Gasteiger partial charge in [-0.3, -0.25) is 9.78 Å². The van der Waals surface area contributed by atoms with Crippen LogP contribution in [0.1, 0.15) is 49.0 Å². The maximum atomic E-state index is 13.4. The average Bonchev–Trinajstić information content (AvgIpc) is 3.41. The second-order valence-electron chi connectivity index (χ2n) is 7.17. The standard InChI is InChI=1S/C21H23FN2O2/c22-18-9-7-16(8-10-18)21(26-14-15-5-6-15)20(17-3-1-11-23-13-17)24-12-2-4-19(24)25/h1,3,7-11,13,15,20-21H,2,4-6,12,14H2/t20?,21-/m0/s1. The summed E-state index contributed by atoms with van der Waals surface area (Å²) in [6.45, 7) is 1.38. The van der Waals surface area contributed by atoms with Gasteiger partial charge in [0, 0.05) is 25.4 Å². The fraction of sp³-hybridized carbons (Fsp3) is 0.429. The second-order valence-corrected chi connectivity index (χ2v) is 7.17. The molecule has 1 aliphatic heterocycles. The fourth-order valence-corrected chi connectivity index (χ4v) is 3.58. The van der Waals surface area contributed by atoms with Gasteiger partial charge < -0.3 is 9.64 Å². The second kappa shape index (κ2) is 7.54. The Balaban J connectivity index is 1.71. The third kappa shape index (κ3) is 3.78. The summed E-state index contributed by atoms with van der Waals surface area (Å²) < 4.78 is 19.8. The lowest BCUT2D eigenvalue weighted by atomic mass is 9.95. The molecule has 4 rings (SSSR count). The smallest absolute Gasteiger partial charge is 0.223 e. The zero-order chi connectivity index (χ0) is 17.9. The van der Waals surface area contributed by atoms with Crippen molar-refractivity contribution < 1.29 is 13.9 Å². The van der Waals surface area contributed by atoms with Crippen molar-refractivity contribution in [2.45, 2.75) is 37.8 Å². The van der Waals surface area contributed by atoms with E-state index in [2.05, 4.69) is 4.98 Å². The predicted molar refractivity (Wildman–Crippen MR) is 95.7 cm³/mol. The lowest BCUT2D eigenvalue weighted by molar-refractivity contribution is -0.133. The van der Waals surface area contributed by atoms with Crippen LogP contribution in [-0.4, -0.2) is 28.9 Å². The quantitative estimate of drug-likeness (QED) is 0.753. The molecule has 2 fully saturated rings. The van der Waals surface area contributed by atoms with Crippen molar-refractivity contribution in [1.82, 2.24) is 9.88 Å². The summed E-state index contributed by atoms with van der Waals surface area (Å²) in [5.41, 5.74) is 1.84. The molecule has 0 N–H and O–H groups in total. The molecule has 1 aliphatic carbocycles. The summed E-state index contributed by atoms with van der Waals surface area (Å²) in [4.78, 5) is 18.7. The molecule has 1 amide bonds. The van der Waals surface area contributed by atoms with Crippen LogP contribution in [0.4, 0.5) is 4.39 Å². The number of aromatic nitrogens is 1. The molecule has 0 spiro atoms. The molecule has 0 radical (unpaired) electrons. The summed E-state index contributed by atoms with van der Waals surface area (Å²) in [6, 6.07) is 10.0. The van der Waals surface area contributed by atoms with Crippen molar-refractivity contribution in [3.05, 3.63) is 65.7 Å². The number of hydrogen-bond acceptors (Lipinski definition) is 3. The highest BCUT2D eigenvalue weighted by atomic mass is 19.1. The Morgan fingerprint density at radius 2 is 2.00 bits per heavy atom. The van der Waals surface area contributed by atoms with Gasteiger partial charge >= 0.3 is 0 Å². The van der Waals surface area contributed by atoms with Crippen LogP contribution in [0.15, 0.2) is 48.8 Å². The van der Waals surface area contributed by atoms with E-state index in [9.17, 15) is 9.18 Å². The van der Waals surface area contributed by atoms with E-state index in [0.29, 0.717) is 25.5 Å². The predicted octanol–water partition coefficient (Wildman–Crippen LogP) is 4.05. The minimum absolute atomic E-state index is 0.140. The monoisotopic (exact) mass is 354 g/mol. The molecular weight excluding hydrogens is 331 g/mol. The number of carbonyl (C=O) groups excluding carboxylic acids is 1. The van der Waals surface area contributed by atoms with Crippen molar-refractivity contribution in [1.29, 1.82) is 0 Å². The van der Waals surface area contributed by atoms with Gasteiger partial charge in [-0.05, 0) is 54.5 Å². The van der Waals surface area contributed by atoms with E-state index in [1.807, 2.05) is 17.0 Å². The molecule has 5 heteroatoms. The van der Waals surface area contributed by atoms with E-state index in [1.54, 1.807) is 24.5 Å². The van der Waals surface area contributed by atoms with Gasteiger partial charge in [0.15, 0.2) is 0 Å². The summed E-state index contributed by atoms with van der Waals surface area (Å²) >= 11 is 0. The normalized spacial score (nSPS) is 19.6. The van der Waals surface area contributed by atoms with Crippen LogP contribution in [0, 0.1) is 11.7 Å². The molecule has 2 atom stereocenters. The van der Waals surface area contributed by atoms with Gasteiger partial charge in [-0.15, -0.1) is 0 Å². The van der Waals surface area contributed by atoms with Crippen LogP contribution < -0.4 is 0 Å². The molecule has 1 aromatic carbocycles. The van der Waals surface area contributed by atoms with Crippen molar-refractivity contribution in [3.63, 3.8) is 0 Å². The molecule has 2 aliphatic rings. The Hall–Kier alpha value is -2.27. The summed E-state index contributed by atoms with van der Waals surface area (Å²) in [7, 11) is 0. The minimum Gasteiger partial charge on any atom is -0.371 e. The van der Waals surface area contributed by atoms with Gasteiger partial charge in [0.05, 0.1) is 12.6 Å². The van der Waals surface area contributed by atoms with Crippen LogP contribution in [0.2, 0.25) is 0 Å². The Bertz CT molecular complexity index is 746. The highest BCUT2D eigenvalue weighted by molar-refractivity contribution is 5.78. The molecule has 1 unspecified atom stereocenters. The van der Waals surface area contributed by atoms with Crippen LogP contribution in [0.3, 0.4) is 0 Å². The SMILES string of the molecule is O=C1CCCN1C(c1cccnc1)[C@@H](OCC1CC1)c1ccc(F)cc1. The van der Waals surface area contributed by atoms with E-state index in [4.69, 9.17) is 4.74 Å². The van der Waals surface area contributed by atoms with Crippen LogP contribution >= 0.6 is 0 Å². The number of rotatable bonds is 7. The number of carbonyl (C=O) groups is 1. The lowest BCUT2D eigenvalue weighted by Crippen LogP contribution is -2.35. The Morgan fingerprint density at radius 1 is 1.19 bits per heavy atom. The van der Waals surface area contributed by atoms with Gasteiger partial charge in [0.2, 0.25) is 5.91 Å². The van der Waals surface area contributed by atoms with Gasteiger partial charge in [-0.2, -0.15) is 0 Å². The molecular formula is C21H23FN2O2. The lowest BCUT2D eigenvalue weighted by Gasteiger charge is -2.35. The van der Waals surface area contributed by atoms with E-state index < -0.39 is 0 Å². The van der Waals surface area contributed by atoms with Crippen molar-refractivity contribution in [2.24, 2.45) is 5.92 Å². The molecule has 1 aromatic heterocycles. The number of likely N-dealkylation sites (tertiary alicyclic amines) is 1. The summed E-state index contributed by atoms with van der Waals surface area (Å²) in [5, 5.41) is 0. The Morgan fingerprint density at radius 3 is 2.62 bits per heavy atom. The highest BCUT2D eigenvalue weighted by Crippen LogP contribution is 2.41. The molecule has 2 heterocycles. The van der Waals surface area contributed by atoms with Crippen molar-refractivity contribution >= 4 is 5.91 Å². The van der Waals surface area contributed by atoms with Crippen molar-refractivity contribution in [3.8, 4) is 0 Å². The molecule has 4 nitrogen and oxygen atoms in total. The first-order chi connectivity index (χ1) is 12.7. The van der Waals surface area contributed by atoms with Crippen LogP contribution in [-0.2, 0) is 9.53 Å². The van der Waals surface area contributed by atoms with Gasteiger partial charge in [-0.1, -0.05) is 18.2 Å². The van der Waals surface area contributed by atoms with Gasteiger partial charge in [-0.25, -0.2) is 4.39 Å². The Kier molecular flexibility index (Phi) is 4.98. The maximum absolute atomic E-state index is 13.4. The minimum atomic E-state index is -0.331. The third-order valence-electron chi connectivity index (χ3n) is 5.17. The first kappa shape index (κ1) is 17.2. The van der Waals surface area contributed by atoms with Crippen molar-refractivity contribution in [2.75, 3.05) is 13.2 Å². The molecule has 0 bridgehead atoms. The first-order valence-corrected chi connectivity index (χ1v) is 9.29.